The molecule has 0 fully saturated rings. The Bertz CT molecular complexity index is 439. The molecule has 0 saturated carbocycles. The van der Waals surface area contributed by atoms with Crippen molar-refractivity contribution < 1.29 is 14.7 Å². The maximum atomic E-state index is 9.79. The number of rotatable bonds is 4. The second-order valence-corrected chi connectivity index (χ2v) is 3.72. The van der Waals surface area contributed by atoms with E-state index in [0.717, 1.165) is 23.4 Å². The molecule has 0 aliphatic carbocycles. The number of hydrogen-bond donors (Lipinski definition) is 2. The number of aromatic amines is 1. The van der Waals surface area contributed by atoms with Crippen molar-refractivity contribution in [1.29, 1.82) is 0 Å². The Morgan fingerprint density at radius 2 is 2.11 bits per heavy atom. The summed E-state index contributed by atoms with van der Waals surface area (Å²) in [4.78, 5) is 22.9. The molecule has 98 valence electrons. The highest BCUT2D eigenvalue weighted by Gasteiger charge is 2.04. The van der Waals surface area contributed by atoms with Gasteiger partial charge in [0.05, 0.1) is 12.2 Å². The quantitative estimate of drug-likeness (QED) is 0.482. The predicted molar refractivity (Wildman–Crippen MR) is 67.2 cm³/mol. The summed E-state index contributed by atoms with van der Waals surface area (Å²) >= 11 is 0. The van der Waals surface area contributed by atoms with Crippen molar-refractivity contribution in [3.8, 4) is 0 Å². The maximum absolute atomic E-state index is 9.79. The number of isocyanates is 1. The van der Waals surface area contributed by atoms with Crippen LogP contribution in [0.25, 0.3) is 0 Å². The van der Waals surface area contributed by atoms with Gasteiger partial charge in [0.2, 0.25) is 6.08 Å². The Morgan fingerprint density at radius 3 is 2.44 bits per heavy atom. The molecule has 0 radical (unpaired) electrons. The lowest BCUT2D eigenvalue weighted by molar-refractivity contribution is -0.132. The molecule has 1 aromatic rings. The molecule has 0 aliphatic heterocycles. The van der Waals surface area contributed by atoms with Crippen molar-refractivity contribution in [2.75, 3.05) is 6.54 Å². The summed E-state index contributed by atoms with van der Waals surface area (Å²) in [6.45, 7) is 8.98. The average Bonchev–Trinajstić information content (AvgIpc) is 2.61. The molecule has 6 heteroatoms. The Hall–Kier alpha value is -2.20. The monoisotopic (exact) mass is 251 g/mol. The normalized spacial score (nSPS) is 8.83. The van der Waals surface area contributed by atoms with E-state index in [4.69, 9.17) is 5.11 Å². The molecule has 1 rings (SSSR count). The molecule has 0 saturated heterocycles. The van der Waals surface area contributed by atoms with Gasteiger partial charge in [0.15, 0.2) is 0 Å². The SMILES string of the molecule is C=C(C)C(=O)O.Cc1n[nH]c(C)c1CCN=C=O. The molecule has 1 heterocycles. The molecule has 0 bridgehead atoms. The molecule has 0 amide bonds. The number of carbonyl (C=O) groups is 1. The van der Waals surface area contributed by atoms with Crippen LogP contribution in [0.15, 0.2) is 17.1 Å². The van der Waals surface area contributed by atoms with Crippen molar-refractivity contribution in [1.82, 2.24) is 10.2 Å². The number of aliphatic imine (C=N–C) groups is 1. The van der Waals surface area contributed by atoms with Gasteiger partial charge in [-0.2, -0.15) is 5.10 Å². The fourth-order valence-corrected chi connectivity index (χ4v) is 1.16. The van der Waals surface area contributed by atoms with Gasteiger partial charge in [-0.25, -0.2) is 14.6 Å². The molecule has 18 heavy (non-hydrogen) atoms. The molecule has 1 aromatic heterocycles. The molecule has 6 nitrogen and oxygen atoms in total. The van der Waals surface area contributed by atoms with Gasteiger partial charge in [0.25, 0.3) is 0 Å². The van der Waals surface area contributed by atoms with Crippen LogP contribution in [0, 0.1) is 13.8 Å². The van der Waals surface area contributed by atoms with Gasteiger partial charge in [0.1, 0.15) is 0 Å². The fraction of sp³-hybridized carbons (Fsp3) is 0.417. The minimum Gasteiger partial charge on any atom is -0.478 e. The van der Waals surface area contributed by atoms with Gasteiger partial charge >= 0.3 is 5.97 Å². The van der Waals surface area contributed by atoms with Crippen LogP contribution >= 0.6 is 0 Å². The fourth-order valence-electron chi connectivity index (χ4n) is 1.16. The standard InChI is InChI=1S/C8H11N3O.C4H6O2/c1-6-8(3-4-9-5-12)7(2)11-10-6;1-3(2)4(5)6/h3-4H2,1-2H3,(H,10,11);1H2,2H3,(H,5,6). The van der Waals surface area contributed by atoms with Gasteiger partial charge in [-0.1, -0.05) is 6.58 Å². The highest BCUT2D eigenvalue weighted by Crippen LogP contribution is 2.09. The molecular weight excluding hydrogens is 234 g/mol. The topological polar surface area (TPSA) is 95.4 Å². The van der Waals surface area contributed by atoms with Gasteiger partial charge in [0, 0.05) is 11.3 Å². The number of nitrogens with one attached hydrogen (secondary N) is 1. The summed E-state index contributed by atoms with van der Waals surface area (Å²) in [5, 5.41) is 14.8. The number of H-pyrrole nitrogens is 1. The Morgan fingerprint density at radius 1 is 1.56 bits per heavy atom. The van der Waals surface area contributed by atoms with Crippen molar-refractivity contribution in [3.63, 3.8) is 0 Å². The van der Waals surface area contributed by atoms with Crippen molar-refractivity contribution in [2.45, 2.75) is 27.2 Å². The summed E-state index contributed by atoms with van der Waals surface area (Å²) < 4.78 is 0. The van der Waals surface area contributed by atoms with E-state index in [1.807, 2.05) is 13.8 Å². The number of aromatic nitrogens is 2. The molecule has 0 spiro atoms. The third-order valence-electron chi connectivity index (χ3n) is 2.18. The lowest BCUT2D eigenvalue weighted by atomic mass is 10.1. The summed E-state index contributed by atoms with van der Waals surface area (Å²) in [6.07, 6.45) is 2.27. The second kappa shape index (κ2) is 7.97. The summed E-state index contributed by atoms with van der Waals surface area (Å²) in [7, 11) is 0. The first-order valence-corrected chi connectivity index (χ1v) is 5.33. The van der Waals surface area contributed by atoms with Crippen LogP contribution in [0.5, 0.6) is 0 Å². The smallest absolute Gasteiger partial charge is 0.330 e. The van der Waals surface area contributed by atoms with E-state index in [2.05, 4.69) is 21.8 Å². The zero-order valence-corrected chi connectivity index (χ0v) is 10.8. The van der Waals surface area contributed by atoms with E-state index in [-0.39, 0.29) is 5.57 Å². The number of nitrogens with zero attached hydrogens (tertiary/aromatic N) is 2. The number of carbonyl (C=O) groups excluding carboxylic acids is 1. The third kappa shape index (κ3) is 5.77. The van der Waals surface area contributed by atoms with Crippen LogP contribution in [0.1, 0.15) is 23.9 Å². The molecule has 0 atom stereocenters. The number of carboxylic acids is 1. The van der Waals surface area contributed by atoms with E-state index in [1.54, 1.807) is 0 Å². The largest absolute Gasteiger partial charge is 0.478 e. The average molecular weight is 251 g/mol. The molecular formula is C12H17N3O3. The Balaban J connectivity index is 0.000000411. The first-order valence-electron chi connectivity index (χ1n) is 5.33. The van der Waals surface area contributed by atoms with Gasteiger partial charge < -0.3 is 5.11 Å². The zero-order valence-electron chi connectivity index (χ0n) is 10.8. The summed E-state index contributed by atoms with van der Waals surface area (Å²) in [5.41, 5.74) is 3.35. The number of hydrogen-bond acceptors (Lipinski definition) is 4. The number of aliphatic carboxylic acids is 1. The van der Waals surface area contributed by atoms with E-state index >= 15 is 0 Å². The van der Waals surface area contributed by atoms with Crippen LogP contribution in [-0.2, 0) is 16.0 Å². The van der Waals surface area contributed by atoms with Crippen LogP contribution < -0.4 is 0 Å². The molecule has 0 aromatic carbocycles. The summed E-state index contributed by atoms with van der Waals surface area (Å²) in [6, 6.07) is 0. The van der Waals surface area contributed by atoms with Gasteiger partial charge in [-0.05, 0) is 32.8 Å². The van der Waals surface area contributed by atoms with E-state index < -0.39 is 5.97 Å². The van der Waals surface area contributed by atoms with Crippen LogP contribution in [0.3, 0.4) is 0 Å². The zero-order chi connectivity index (χ0) is 14.1. The van der Waals surface area contributed by atoms with Crippen molar-refractivity contribution in [3.05, 3.63) is 29.1 Å². The number of aryl methyl sites for hydroxylation is 2. The van der Waals surface area contributed by atoms with Gasteiger partial charge in [-0.3, -0.25) is 5.10 Å². The highest BCUT2D eigenvalue weighted by atomic mass is 16.4. The molecule has 2 N–H and O–H groups in total. The summed E-state index contributed by atoms with van der Waals surface area (Å²) in [5.74, 6) is -0.935. The number of carboxylic acid groups (broad SMARTS) is 1. The minimum absolute atomic E-state index is 0.176. The van der Waals surface area contributed by atoms with E-state index in [0.29, 0.717) is 6.54 Å². The predicted octanol–water partition coefficient (Wildman–Crippen LogP) is 1.55. The lowest BCUT2D eigenvalue weighted by Gasteiger charge is -1.94. The van der Waals surface area contributed by atoms with Gasteiger partial charge in [-0.15, -0.1) is 0 Å². The lowest BCUT2D eigenvalue weighted by Crippen LogP contribution is -1.92. The van der Waals surface area contributed by atoms with Crippen LogP contribution in [0.4, 0.5) is 0 Å². The molecule has 0 aliphatic rings. The van der Waals surface area contributed by atoms with E-state index in [1.165, 1.54) is 13.0 Å². The third-order valence-corrected chi connectivity index (χ3v) is 2.18. The Labute approximate surface area is 105 Å². The highest BCUT2D eigenvalue weighted by molar-refractivity contribution is 5.84. The molecule has 0 unspecified atom stereocenters. The van der Waals surface area contributed by atoms with Crippen LogP contribution in [-0.4, -0.2) is 33.9 Å². The van der Waals surface area contributed by atoms with Crippen LogP contribution in [0.2, 0.25) is 0 Å². The van der Waals surface area contributed by atoms with Crippen molar-refractivity contribution in [2.24, 2.45) is 4.99 Å². The van der Waals surface area contributed by atoms with E-state index in [9.17, 15) is 9.59 Å². The van der Waals surface area contributed by atoms with Crippen molar-refractivity contribution >= 4 is 12.0 Å². The minimum atomic E-state index is -0.935. The first-order chi connectivity index (χ1) is 8.40. The second-order valence-electron chi connectivity index (χ2n) is 3.72. The first kappa shape index (κ1) is 15.8. The maximum Gasteiger partial charge on any atom is 0.330 e. The Kier molecular flexibility index (Phi) is 7.00.